The van der Waals surface area contributed by atoms with Crippen molar-refractivity contribution in [3.05, 3.63) is 54.6 Å². The van der Waals surface area contributed by atoms with Crippen molar-refractivity contribution in [2.24, 2.45) is 0 Å². The summed E-state index contributed by atoms with van der Waals surface area (Å²) in [5.41, 5.74) is 1.32. The zero-order chi connectivity index (χ0) is 11.2. The third kappa shape index (κ3) is 3.21. The predicted molar refractivity (Wildman–Crippen MR) is 65.0 cm³/mol. The zero-order valence-electron chi connectivity index (χ0n) is 9.50. The predicted octanol–water partition coefficient (Wildman–Crippen LogP) is 2.06. The lowest BCUT2D eigenvalue weighted by atomic mass is 10.2. The molecule has 3 heteroatoms. The van der Waals surface area contributed by atoms with Gasteiger partial charge in [0.05, 0.1) is 6.33 Å². The van der Waals surface area contributed by atoms with E-state index in [1.807, 2.05) is 24.8 Å². The maximum atomic E-state index is 4.03. The van der Waals surface area contributed by atoms with Gasteiger partial charge in [0.1, 0.15) is 0 Å². The van der Waals surface area contributed by atoms with Crippen LogP contribution in [0.4, 0.5) is 0 Å². The topological polar surface area (TPSA) is 29.9 Å². The summed E-state index contributed by atoms with van der Waals surface area (Å²) in [7, 11) is 0. The molecule has 2 rings (SSSR count). The van der Waals surface area contributed by atoms with Crippen LogP contribution in [0.15, 0.2) is 49.1 Å². The Morgan fingerprint density at radius 2 is 2.12 bits per heavy atom. The molecule has 0 spiro atoms. The molecular weight excluding hydrogens is 198 g/mol. The molecule has 0 saturated carbocycles. The van der Waals surface area contributed by atoms with Gasteiger partial charge in [-0.15, -0.1) is 0 Å². The molecular formula is C13H17N3. The van der Waals surface area contributed by atoms with E-state index < -0.39 is 0 Å². The van der Waals surface area contributed by atoms with Crippen LogP contribution in [-0.2, 0) is 13.1 Å². The second-order valence-corrected chi connectivity index (χ2v) is 4.03. The summed E-state index contributed by atoms with van der Waals surface area (Å²) in [5.74, 6) is 0. The summed E-state index contributed by atoms with van der Waals surface area (Å²) in [5, 5.41) is 3.49. The van der Waals surface area contributed by atoms with Crippen molar-refractivity contribution in [2.45, 2.75) is 26.1 Å². The highest BCUT2D eigenvalue weighted by molar-refractivity contribution is 5.14. The number of imidazole rings is 1. The van der Waals surface area contributed by atoms with Crippen molar-refractivity contribution in [1.82, 2.24) is 14.9 Å². The molecule has 0 bridgehead atoms. The van der Waals surface area contributed by atoms with E-state index in [9.17, 15) is 0 Å². The average Bonchev–Trinajstić information content (AvgIpc) is 2.81. The maximum Gasteiger partial charge on any atom is 0.0946 e. The lowest BCUT2D eigenvalue weighted by Crippen LogP contribution is -2.29. The first-order valence-electron chi connectivity index (χ1n) is 5.57. The molecule has 1 atom stereocenters. The van der Waals surface area contributed by atoms with Gasteiger partial charge in [-0.05, 0) is 12.5 Å². The first kappa shape index (κ1) is 10.9. The van der Waals surface area contributed by atoms with Crippen LogP contribution in [0.5, 0.6) is 0 Å². The van der Waals surface area contributed by atoms with Gasteiger partial charge >= 0.3 is 0 Å². The second-order valence-electron chi connectivity index (χ2n) is 4.03. The Bertz CT molecular complexity index is 394. The number of rotatable bonds is 5. The van der Waals surface area contributed by atoms with Crippen molar-refractivity contribution >= 4 is 0 Å². The van der Waals surface area contributed by atoms with Crippen LogP contribution in [-0.4, -0.2) is 15.6 Å². The standard InChI is InChI=1S/C13H17N3/c1-12(10-16-8-7-14-11-16)15-9-13-5-3-2-4-6-13/h2-8,11-12,15H,9-10H2,1H3. The van der Waals surface area contributed by atoms with Gasteiger partial charge in [0.15, 0.2) is 0 Å². The van der Waals surface area contributed by atoms with Gasteiger partial charge < -0.3 is 9.88 Å². The van der Waals surface area contributed by atoms with Crippen LogP contribution < -0.4 is 5.32 Å². The summed E-state index contributed by atoms with van der Waals surface area (Å²) < 4.78 is 2.09. The molecule has 0 aliphatic carbocycles. The minimum Gasteiger partial charge on any atom is -0.336 e. The van der Waals surface area contributed by atoms with E-state index in [1.54, 1.807) is 0 Å². The van der Waals surface area contributed by atoms with Crippen LogP contribution in [0, 0.1) is 0 Å². The molecule has 0 saturated heterocycles. The third-order valence-electron chi connectivity index (χ3n) is 2.54. The lowest BCUT2D eigenvalue weighted by molar-refractivity contribution is 0.476. The Balaban J connectivity index is 1.78. The number of hydrogen-bond donors (Lipinski definition) is 1. The molecule has 0 aliphatic rings. The molecule has 84 valence electrons. The summed E-state index contributed by atoms with van der Waals surface area (Å²) in [6.45, 7) is 4.05. The highest BCUT2D eigenvalue weighted by Crippen LogP contribution is 1.99. The fraction of sp³-hybridized carbons (Fsp3) is 0.308. The lowest BCUT2D eigenvalue weighted by Gasteiger charge is -2.14. The van der Waals surface area contributed by atoms with Crippen LogP contribution in [0.1, 0.15) is 12.5 Å². The Kier molecular flexibility index (Phi) is 3.72. The highest BCUT2D eigenvalue weighted by Gasteiger charge is 2.01. The highest BCUT2D eigenvalue weighted by atomic mass is 15.1. The second kappa shape index (κ2) is 5.47. The van der Waals surface area contributed by atoms with Gasteiger partial charge in [0, 0.05) is 31.5 Å². The van der Waals surface area contributed by atoms with E-state index in [-0.39, 0.29) is 0 Å². The molecule has 1 aromatic carbocycles. The van der Waals surface area contributed by atoms with Crippen molar-refractivity contribution in [1.29, 1.82) is 0 Å². The maximum absolute atomic E-state index is 4.03. The molecule has 16 heavy (non-hydrogen) atoms. The van der Waals surface area contributed by atoms with E-state index in [2.05, 4.69) is 46.1 Å². The van der Waals surface area contributed by atoms with Gasteiger partial charge in [-0.3, -0.25) is 0 Å². The summed E-state index contributed by atoms with van der Waals surface area (Å²) in [6, 6.07) is 10.9. The first-order chi connectivity index (χ1) is 7.84. The van der Waals surface area contributed by atoms with Crippen LogP contribution in [0.2, 0.25) is 0 Å². The summed E-state index contributed by atoms with van der Waals surface area (Å²) in [6.07, 6.45) is 5.64. The molecule has 0 aliphatic heterocycles. The van der Waals surface area contributed by atoms with Crippen LogP contribution in [0.25, 0.3) is 0 Å². The van der Waals surface area contributed by atoms with Crippen LogP contribution >= 0.6 is 0 Å². The Morgan fingerprint density at radius 1 is 1.31 bits per heavy atom. The Labute approximate surface area is 96.1 Å². The monoisotopic (exact) mass is 215 g/mol. The fourth-order valence-corrected chi connectivity index (χ4v) is 1.66. The van der Waals surface area contributed by atoms with Gasteiger partial charge in [0.25, 0.3) is 0 Å². The third-order valence-corrected chi connectivity index (χ3v) is 2.54. The SMILES string of the molecule is CC(Cn1ccnc1)NCc1ccccc1. The molecule has 0 radical (unpaired) electrons. The molecule has 1 N–H and O–H groups in total. The smallest absolute Gasteiger partial charge is 0.0946 e. The fourth-order valence-electron chi connectivity index (χ4n) is 1.66. The van der Waals surface area contributed by atoms with Crippen LogP contribution in [0.3, 0.4) is 0 Å². The van der Waals surface area contributed by atoms with E-state index in [0.717, 1.165) is 13.1 Å². The van der Waals surface area contributed by atoms with Crippen molar-refractivity contribution < 1.29 is 0 Å². The quantitative estimate of drug-likeness (QED) is 0.827. The van der Waals surface area contributed by atoms with Crippen molar-refractivity contribution in [2.75, 3.05) is 0 Å². The number of nitrogens with zero attached hydrogens (tertiary/aromatic N) is 2. The molecule has 1 aromatic heterocycles. The first-order valence-corrected chi connectivity index (χ1v) is 5.57. The molecule has 1 unspecified atom stereocenters. The van der Waals surface area contributed by atoms with E-state index in [0.29, 0.717) is 6.04 Å². The Morgan fingerprint density at radius 3 is 2.81 bits per heavy atom. The number of hydrogen-bond acceptors (Lipinski definition) is 2. The molecule has 3 nitrogen and oxygen atoms in total. The minimum atomic E-state index is 0.439. The molecule has 0 amide bonds. The van der Waals surface area contributed by atoms with Gasteiger partial charge in [-0.1, -0.05) is 30.3 Å². The van der Waals surface area contributed by atoms with Gasteiger partial charge in [0.2, 0.25) is 0 Å². The number of nitrogens with one attached hydrogen (secondary N) is 1. The van der Waals surface area contributed by atoms with E-state index in [1.165, 1.54) is 5.56 Å². The van der Waals surface area contributed by atoms with Gasteiger partial charge in [-0.25, -0.2) is 4.98 Å². The summed E-state index contributed by atoms with van der Waals surface area (Å²) in [4.78, 5) is 4.03. The Hall–Kier alpha value is -1.61. The molecule has 1 heterocycles. The van der Waals surface area contributed by atoms with E-state index in [4.69, 9.17) is 0 Å². The minimum absolute atomic E-state index is 0.439. The summed E-state index contributed by atoms with van der Waals surface area (Å²) >= 11 is 0. The number of benzene rings is 1. The molecule has 2 aromatic rings. The number of aromatic nitrogens is 2. The normalized spacial score (nSPS) is 12.6. The van der Waals surface area contributed by atoms with Crippen molar-refractivity contribution in [3.8, 4) is 0 Å². The van der Waals surface area contributed by atoms with Crippen molar-refractivity contribution in [3.63, 3.8) is 0 Å². The average molecular weight is 215 g/mol. The molecule has 0 fully saturated rings. The van der Waals surface area contributed by atoms with Gasteiger partial charge in [-0.2, -0.15) is 0 Å². The van der Waals surface area contributed by atoms with E-state index >= 15 is 0 Å². The largest absolute Gasteiger partial charge is 0.336 e. The zero-order valence-corrected chi connectivity index (χ0v) is 9.50.